The van der Waals surface area contributed by atoms with Gasteiger partial charge >= 0.3 is 0 Å². The summed E-state index contributed by atoms with van der Waals surface area (Å²) in [5, 5.41) is 11.3. The minimum absolute atomic E-state index is 0. The van der Waals surface area contributed by atoms with Gasteiger partial charge in [0.05, 0.1) is 5.69 Å². The first-order chi connectivity index (χ1) is 13.3. The maximum Gasteiger partial charge on any atom is 0.272 e. The van der Waals surface area contributed by atoms with Gasteiger partial charge in [-0.05, 0) is 81.6 Å². The molecule has 2 N–H and O–H groups in total. The first kappa shape index (κ1) is 20.9. The monoisotopic (exact) mass is 402 g/mol. The van der Waals surface area contributed by atoms with Gasteiger partial charge in [-0.15, -0.1) is 12.4 Å². The van der Waals surface area contributed by atoms with Crippen LogP contribution in [0.4, 0.5) is 0 Å². The number of halogens is 1. The SMILES string of the molecule is CCc1ccc(-n2nc(C(=O)NCCC3CCCNC3)c3c2CCC3)cc1.Cl. The maximum absolute atomic E-state index is 12.8. The molecule has 6 heteroatoms. The lowest BCUT2D eigenvalue weighted by Gasteiger charge is -2.22. The fourth-order valence-electron chi connectivity index (χ4n) is 4.35. The summed E-state index contributed by atoms with van der Waals surface area (Å²) in [6.45, 7) is 5.10. The molecule has 0 radical (unpaired) electrons. The molecule has 1 amide bonds. The number of amides is 1. The first-order valence-corrected chi connectivity index (χ1v) is 10.4. The van der Waals surface area contributed by atoms with Gasteiger partial charge < -0.3 is 10.6 Å². The van der Waals surface area contributed by atoms with E-state index in [1.54, 1.807) is 0 Å². The summed E-state index contributed by atoms with van der Waals surface area (Å²) in [6, 6.07) is 8.52. The molecular weight excluding hydrogens is 372 g/mol. The zero-order chi connectivity index (χ0) is 18.6. The van der Waals surface area contributed by atoms with Crippen molar-refractivity contribution in [2.45, 2.75) is 51.9 Å². The molecule has 4 rings (SSSR count). The van der Waals surface area contributed by atoms with Crippen molar-refractivity contribution in [2.24, 2.45) is 5.92 Å². The number of benzene rings is 1. The van der Waals surface area contributed by atoms with E-state index in [2.05, 4.69) is 41.8 Å². The van der Waals surface area contributed by atoms with Crippen molar-refractivity contribution >= 4 is 18.3 Å². The molecule has 152 valence electrons. The van der Waals surface area contributed by atoms with Gasteiger partial charge in [-0.25, -0.2) is 4.68 Å². The molecule has 2 aromatic rings. The van der Waals surface area contributed by atoms with E-state index in [9.17, 15) is 4.79 Å². The van der Waals surface area contributed by atoms with Gasteiger partial charge in [0, 0.05) is 17.8 Å². The second-order valence-corrected chi connectivity index (χ2v) is 7.82. The van der Waals surface area contributed by atoms with Crippen LogP contribution in [0.3, 0.4) is 0 Å². The largest absolute Gasteiger partial charge is 0.351 e. The average Bonchev–Trinajstić information content (AvgIpc) is 3.31. The highest BCUT2D eigenvalue weighted by Crippen LogP contribution is 2.28. The molecule has 2 aliphatic rings. The number of rotatable bonds is 6. The summed E-state index contributed by atoms with van der Waals surface area (Å²) in [6.07, 6.45) is 7.64. The third-order valence-electron chi connectivity index (χ3n) is 5.97. The van der Waals surface area contributed by atoms with Crippen molar-refractivity contribution < 1.29 is 4.79 Å². The molecule has 1 atom stereocenters. The predicted molar refractivity (Wildman–Crippen MR) is 115 cm³/mol. The Morgan fingerprint density at radius 1 is 1.25 bits per heavy atom. The number of carbonyl (C=O) groups excluding carboxylic acids is 1. The number of hydrogen-bond donors (Lipinski definition) is 2. The summed E-state index contributed by atoms with van der Waals surface area (Å²) in [7, 11) is 0. The Balaban J connectivity index is 0.00000225. The molecule has 28 heavy (non-hydrogen) atoms. The number of aryl methyl sites for hydroxylation is 1. The molecule has 2 heterocycles. The van der Waals surface area contributed by atoms with E-state index in [0.717, 1.165) is 63.0 Å². The van der Waals surface area contributed by atoms with Crippen molar-refractivity contribution in [1.29, 1.82) is 0 Å². The van der Waals surface area contributed by atoms with Crippen LogP contribution < -0.4 is 10.6 Å². The topological polar surface area (TPSA) is 59.0 Å². The standard InChI is InChI=1S/C22H30N4O.ClH/c1-2-16-8-10-18(11-9-16)26-20-7-3-6-19(20)21(25-26)22(27)24-14-12-17-5-4-13-23-15-17;/h8-11,17,23H,2-7,12-15H2,1H3,(H,24,27);1H. The molecule has 1 aliphatic heterocycles. The predicted octanol–water partition coefficient (Wildman–Crippen LogP) is 3.46. The summed E-state index contributed by atoms with van der Waals surface area (Å²) in [5.74, 6) is 0.667. The summed E-state index contributed by atoms with van der Waals surface area (Å²) in [5.41, 5.74) is 5.35. The van der Waals surface area contributed by atoms with Crippen LogP contribution in [0, 0.1) is 5.92 Å². The Labute approximate surface area is 173 Å². The second-order valence-electron chi connectivity index (χ2n) is 7.82. The minimum atomic E-state index is -0.0131. The number of nitrogens with one attached hydrogen (secondary N) is 2. The molecule has 1 saturated heterocycles. The van der Waals surface area contributed by atoms with E-state index in [0.29, 0.717) is 11.6 Å². The molecular formula is C22H31ClN4O. The van der Waals surface area contributed by atoms with Crippen LogP contribution in [0.1, 0.15) is 59.9 Å². The molecule has 1 fully saturated rings. The van der Waals surface area contributed by atoms with E-state index in [-0.39, 0.29) is 18.3 Å². The van der Waals surface area contributed by atoms with Crippen molar-refractivity contribution in [1.82, 2.24) is 20.4 Å². The van der Waals surface area contributed by atoms with Crippen LogP contribution in [0.25, 0.3) is 5.69 Å². The molecule has 0 bridgehead atoms. The number of piperidine rings is 1. The highest BCUT2D eigenvalue weighted by atomic mass is 35.5. The second kappa shape index (κ2) is 9.57. The van der Waals surface area contributed by atoms with Crippen molar-refractivity contribution in [2.75, 3.05) is 19.6 Å². The number of carbonyl (C=O) groups is 1. The van der Waals surface area contributed by atoms with Gasteiger partial charge in [-0.2, -0.15) is 5.10 Å². The molecule has 5 nitrogen and oxygen atoms in total. The van der Waals surface area contributed by atoms with Crippen molar-refractivity contribution in [3.8, 4) is 5.69 Å². The van der Waals surface area contributed by atoms with Crippen LogP contribution in [-0.2, 0) is 19.3 Å². The third-order valence-corrected chi connectivity index (χ3v) is 5.97. The number of hydrogen-bond acceptors (Lipinski definition) is 3. The molecule has 1 aliphatic carbocycles. The molecule has 1 unspecified atom stereocenters. The Kier molecular flexibility index (Phi) is 7.13. The van der Waals surface area contributed by atoms with Crippen LogP contribution in [0.5, 0.6) is 0 Å². The van der Waals surface area contributed by atoms with Gasteiger partial charge in [0.2, 0.25) is 0 Å². The smallest absolute Gasteiger partial charge is 0.272 e. The molecule has 1 aromatic heterocycles. The lowest BCUT2D eigenvalue weighted by molar-refractivity contribution is 0.0944. The highest BCUT2D eigenvalue weighted by Gasteiger charge is 2.27. The van der Waals surface area contributed by atoms with Gasteiger partial charge in [-0.1, -0.05) is 19.1 Å². The number of nitrogens with zero attached hydrogens (tertiary/aromatic N) is 2. The van der Waals surface area contributed by atoms with Crippen molar-refractivity contribution in [3.63, 3.8) is 0 Å². The highest BCUT2D eigenvalue weighted by molar-refractivity contribution is 5.94. The molecule has 0 saturated carbocycles. The fraction of sp³-hybridized carbons (Fsp3) is 0.545. The Bertz CT molecular complexity index is 794. The van der Waals surface area contributed by atoms with Crippen LogP contribution in [0.15, 0.2) is 24.3 Å². The normalized spacial score (nSPS) is 18.4. The van der Waals surface area contributed by atoms with E-state index in [4.69, 9.17) is 5.10 Å². The minimum Gasteiger partial charge on any atom is -0.351 e. The molecule has 1 aromatic carbocycles. The summed E-state index contributed by atoms with van der Waals surface area (Å²) < 4.78 is 1.99. The lowest BCUT2D eigenvalue weighted by atomic mass is 9.96. The number of fused-ring (bicyclic) bond motifs is 1. The Morgan fingerprint density at radius 3 is 2.79 bits per heavy atom. The summed E-state index contributed by atoms with van der Waals surface area (Å²) in [4.78, 5) is 12.8. The zero-order valence-corrected chi connectivity index (χ0v) is 17.5. The number of aromatic nitrogens is 2. The third kappa shape index (κ3) is 4.41. The van der Waals surface area contributed by atoms with Gasteiger partial charge in [-0.3, -0.25) is 4.79 Å². The van der Waals surface area contributed by atoms with Gasteiger partial charge in [0.25, 0.3) is 5.91 Å². The Morgan fingerprint density at radius 2 is 2.07 bits per heavy atom. The average molecular weight is 403 g/mol. The molecule has 0 spiro atoms. The first-order valence-electron chi connectivity index (χ1n) is 10.4. The van der Waals surface area contributed by atoms with Gasteiger partial charge in [0.15, 0.2) is 5.69 Å². The van der Waals surface area contributed by atoms with Gasteiger partial charge in [0.1, 0.15) is 0 Å². The van der Waals surface area contributed by atoms with E-state index in [1.165, 1.54) is 24.1 Å². The van der Waals surface area contributed by atoms with Crippen LogP contribution >= 0.6 is 12.4 Å². The Hall–Kier alpha value is -1.85. The van der Waals surface area contributed by atoms with Crippen LogP contribution in [0.2, 0.25) is 0 Å². The maximum atomic E-state index is 12.8. The zero-order valence-electron chi connectivity index (χ0n) is 16.7. The lowest BCUT2D eigenvalue weighted by Crippen LogP contribution is -2.33. The quantitative estimate of drug-likeness (QED) is 0.777. The summed E-state index contributed by atoms with van der Waals surface area (Å²) >= 11 is 0. The van der Waals surface area contributed by atoms with Crippen LogP contribution in [-0.4, -0.2) is 35.3 Å². The van der Waals surface area contributed by atoms with E-state index < -0.39 is 0 Å². The fourth-order valence-corrected chi connectivity index (χ4v) is 4.35. The van der Waals surface area contributed by atoms with E-state index >= 15 is 0 Å². The van der Waals surface area contributed by atoms with E-state index in [1.807, 2.05) is 4.68 Å². The van der Waals surface area contributed by atoms with Crippen molar-refractivity contribution in [3.05, 3.63) is 46.8 Å².